The van der Waals surface area contributed by atoms with Gasteiger partial charge in [-0.15, -0.1) is 0 Å². The lowest BCUT2D eigenvalue weighted by Crippen LogP contribution is -2.47. The normalized spacial score (nSPS) is 22.2. The summed E-state index contributed by atoms with van der Waals surface area (Å²) < 4.78 is 0. The fourth-order valence-electron chi connectivity index (χ4n) is 2.50. The van der Waals surface area contributed by atoms with Crippen molar-refractivity contribution < 1.29 is 9.90 Å². The Kier molecular flexibility index (Phi) is 5.32. The first-order valence-corrected chi connectivity index (χ1v) is 7.17. The fraction of sp³-hybridized carbons (Fsp3) is 0.500. The molecule has 0 spiro atoms. The molecule has 2 heterocycles. The predicted molar refractivity (Wildman–Crippen MR) is 80.8 cm³/mol. The van der Waals surface area contributed by atoms with Gasteiger partial charge in [0.25, 0.3) is 5.91 Å². The number of piperidine rings is 1. The highest BCUT2D eigenvalue weighted by molar-refractivity contribution is 5.94. The molecular weight excluding hydrogens is 266 g/mol. The van der Waals surface area contributed by atoms with Crippen molar-refractivity contribution >= 4 is 5.91 Å². The Balaban J connectivity index is 2.07. The average molecular weight is 287 g/mol. The van der Waals surface area contributed by atoms with Crippen LogP contribution in [0.4, 0.5) is 0 Å². The SMILES string of the molecule is CC1CC(NC(=O)c2ncccc2C#CCO)CCN1C. The number of pyridine rings is 1. The van der Waals surface area contributed by atoms with Crippen molar-refractivity contribution in [2.45, 2.75) is 31.8 Å². The van der Waals surface area contributed by atoms with Gasteiger partial charge in [0.1, 0.15) is 12.3 Å². The van der Waals surface area contributed by atoms with Crippen molar-refractivity contribution in [2.75, 3.05) is 20.2 Å². The standard InChI is InChI=1S/C16H21N3O2/c1-12-11-14(7-9-19(12)2)18-16(21)15-13(6-4-10-20)5-3-8-17-15/h3,5,8,12,14,20H,7,9-11H2,1-2H3,(H,18,21). The van der Waals surface area contributed by atoms with Gasteiger partial charge in [-0.25, -0.2) is 4.98 Å². The highest BCUT2D eigenvalue weighted by Crippen LogP contribution is 2.16. The van der Waals surface area contributed by atoms with Gasteiger partial charge in [-0.05, 0) is 38.9 Å². The lowest BCUT2D eigenvalue weighted by molar-refractivity contribution is 0.0891. The molecule has 2 N–H and O–H groups in total. The molecule has 0 radical (unpaired) electrons. The molecule has 2 atom stereocenters. The molecule has 5 nitrogen and oxygen atoms in total. The molecule has 0 aliphatic carbocycles. The largest absolute Gasteiger partial charge is 0.384 e. The number of hydrogen-bond donors (Lipinski definition) is 2. The van der Waals surface area contributed by atoms with Gasteiger partial charge < -0.3 is 15.3 Å². The number of carbonyl (C=O) groups is 1. The fourth-order valence-corrected chi connectivity index (χ4v) is 2.50. The van der Waals surface area contributed by atoms with E-state index in [1.165, 1.54) is 0 Å². The molecule has 21 heavy (non-hydrogen) atoms. The molecule has 1 aliphatic heterocycles. The molecule has 1 amide bonds. The summed E-state index contributed by atoms with van der Waals surface area (Å²) in [7, 11) is 2.10. The third kappa shape index (κ3) is 4.03. The molecule has 1 fully saturated rings. The van der Waals surface area contributed by atoms with Gasteiger partial charge in [0.05, 0.1) is 5.56 Å². The summed E-state index contributed by atoms with van der Waals surface area (Å²) in [5.74, 6) is 5.13. The quantitative estimate of drug-likeness (QED) is 0.783. The van der Waals surface area contributed by atoms with Crippen molar-refractivity contribution in [3.8, 4) is 11.8 Å². The van der Waals surface area contributed by atoms with Crippen LogP contribution in [-0.4, -0.2) is 53.2 Å². The molecule has 1 saturated heterocycles. The van der Waals surface area contributed by atoms with Gasteiger partial charge in [-0.3, -0.25) is 4.79 Å². The van der Waals surface area contributed by atoms with Crippen LogP contribution in [0.5, 0.6) is 0 Å². The first-order valence-electron chi connectivity index (χ1n) is 7.17. The average Bonchev–Trinajstić information content (AvgIpc) is 2.49. The lowest BCUT2D eigenvalue weighted by atomic mass is 9.98. The van der Waals surface area contributed by atoms with E-state index in [0.717, 1.165) is 19.4 Å². The second-order valence-electron chi connectivity index (χ2n) is 5.38. The van der Waals surface area contributed by atoms with Crippen molar-refractivity contribution in [1.29, 1.82) is 0 Å². The van der Waals surface area contributed by atoms with Gasteiger partial charge in [-0.1, -0.05) is 11.8 Å². The number of aromatic nitrogens is 1. The lowest BCUT2D eigenvalue weighted by Gasteiger charge is -2.35. The Labute approximate surface area is 125 Å². The van der Waals surface area contributed by atoms with E-state index < -0.39 is 0 Å². The van der Waals surface area contributed by atoms with E-state index in [0.29, 0.717) is 17.3 Å². The molecule has 0 saturated carbocycles. The third-order valence-corrected chi connectivity index (χ3v) is 3.87. The number of likely N-dealkylation sites (tertiary alicyclic amines) is 1. The summed E-state index contributed by atoms with van der Waals surface area (Å²) in [6.07, 6.45) is 3.46. The first-order chi connectivity index (χ1) is 10.1. The zero-order chi connectivity index (χ0) is 15.2. The second-order valence-corrected chi connectivity index (χ2v) is 5.38. The second kappa shape index (κ2) is 7.21. The maximum Gasteiger partial charge on any atom is 0.271 e. The molecule has 1 aliphatic rings. The Morgan fingerprint density at radius 3 is 3.14 bits per heavy atom. The van der Waals surface area contributed by atoms with Crippen molar-refractivity contribution in [3.05, 3.63) is 29.6 Å². The van der Waals surface area contributed by atoms with E-state index in [2.05, 4.69) is 41.0 Å². The minimum Gasteiger partial charge on any atom is -0.384 e. The van der Waals surface area contributed by atoms with E-state index >= 15 is 0 Å². The van der Waals surface area contributed by atoms with E-state index in [9.17, 15) is 4.79 Å². The maximum absolute atomic E-state index is 12.4. The molecule has 2 unspecified atom stereocenters. The maximum atomic E-state index is 12.4. The number of aliphatic hydroxyl groups is 1. The summed E-state index contributed by atoms with van der Waals surface area (Å²) in [6.45, 7) is 2.91. The zero-order valence-electron chi connectivity index (χ0n) is 12.5. The van der Waals surface area contributed by atoms with Crippen molar-refractivity contribution in [2.24, 2.45) is 0 Å². The summed E-state index contributed by atoms with van der Waals surface area (Å²) in [4.78, 5) is 18.8. The monoisotopic (exact) mass is 287 g/mol. The van der Waals surface area contributed by atoms with E-state index in [1.807, 2.05) is 0 Å². The zero-order valence-corrected chi connectivity index (χ0v) is 12.5. The molecule has 1 aromatic rings. The molecular formula is C16H21N3O2. The van der Waals surface area contributed by atoms with E-state index in [4.69, 9.17) is 5.11 Å². The Morgan fingerprint density at radius 1 is 1.62 bits per heavy atom. The molecule has 2 rings (SSSR count). The highest BCUT2D eigenvalue weighted by atomic mass is 16.2. The summed E-state index contributed by atoms with van der Waals surface area (Å²) in [5, 5.41) is 11.8. The van der Waals surface area contributed by atoms with Crippen LogP contribution in [0.25, 0.3) is 0 Å². The number of aliphatic hydroxyl groups excluding tert-OH is 1. The Bertz CT molecular complexity index is 562. The van der Waals surface area contributed by atoms with Crippen LogP contribution in [0.1, 0.15) is 35.8 Å². The van der Waals surface area contributed by atoms with Gasteiger partial charge in [0, 0.05) is 24.8 Å². The van der Waals surface area contributed by atoms with Crippen LogP contribution in [0.2, 0.25) is 0 Å². The van der Waals surface area contributed by atoms with Crippen LogP contribution in [0.3, 0.4) is 0 Å². The minimum absolute atomic E-state index is 0.171. The predicted octanol–water partition coefficient (Wildman–Crippen LogP) is 0.638. The van der Waals surface area contributed by atoms with E-state index in [1.54, 1.807) is 18.3 Å². The van der Waals surface area contributed by atoms with Crippen LogP contribution < -0.4 is 5.32 Å². The molecule has 0 bridgehead atoms. The summed E-state index contributed by atoms with van der Waals surface area (Å²) >= 11 is 0. The van der Waals surface area contributed by atoms with Crippen LogP contribution in [-0.2, 0) is 0 Å². The Hall–Kier alpha value is -1.90. The minimum atomic E-state index is -0.234. The molecule has 0 aromatic carbocycles. The number of amides is 1. The van der Waals surface area contributed by atoms with Crippen molar-refractivity contribution in [3.63, 3.8) is 0 Å². The first kappa shape index (κ1) is 15.5. The molecule has 1 aromatic heterocycles. The van der Waals surface area contributed by atoms with Crippen LogP contribution in [0, 0.1) is 11.8 Å². The number of hydrogen-bond acceptors (Lipinski definition) is 4. The topological polar surface area (TPSA) is 65.5 Å². The molecule has 5 heteroatoms. The van der Waals surface area contributed by atoms with Crippen LogP contribution in [0.15, 0.2) is 18.3 Å². The van der Waals surface area contributed by atoms with Crippen molar-refractivity contribution in [1.82, 2.24) is 15.2 Å². The highest BCUT2D eigenvalue weighted by Gasteiger charge is 2.25. The number of nitrogens with one attached hydrogen (secondary N) is 1. The van der Waals surface area contributed by atoms with Crippen LogP contribution >= 0.6 is 0 Å². The van der Waals surface area contributed by atoms with Gasteiger partial charge in [0.15, 0.2) is 0 Å². The number of rotatable bonds is 2. The van der Waals surface area contributed by atoms with Gasteiger partial charge in [0.2, 0.25) is 0 Å². The summed E-state index contributed by atoms with van der Waals surface area (Å²) in [6, 6.07) is 4.10. The smallest absolute Gasteiger partial charge is 0.271 e. The van der Waals surface area contributed by atoms with E-state index in [-0.39, 0.29) is 18.6 Å². The number of nitrogens with zero attached hydrogens (tertiary/aromatic N) is 2. The Morgan fingerprint density at radius 2 is 2.43 bits per heavy atom. The third-order valence-electron chi connectivity index (χ3n) is 3.87. The number of carbonyl (C=O) groups excluding carboxylic acids is 1. The summed E-state index contributed by atoms with van der Waals surface area (Å²) in [5.41, 5.74) is 0.870. The van der Waals surface area contributed by atoms with Gasteiger partial charge >= 0.3 is 0 Å². The van der Waals surface area contributed by atoms with Gasteiger partial charge in [-0.2, -0.15) is 0 Å². The molecule has 112 valence electrons.